The molecule has 2 N–H and O–H groups in total. The molecule has 7 heteroatoms. The minimum atomic E-state index is -2.57. The number of hydrogen-bond acceptors (Lipinski definition) is 2. The number of aromatic nitrogens is 2. The quantitative estimate of drug-likeness (QED) is 0.889. The van der Waals surface area contributed by atoms with Gasteiger partial charge in [0.25, 0.3) is 6.43 Å². The highest BCUT2D eigenvalue weighted by Gasteiger charge is 2.14. The van der Waals surface area contributed by atoms with E-state index < -0.39 is 18.8 Å². The number of benzene rings is 1. The molecule has 0 bridgehead atoms. The van der Waals surface area contributed by atoms with Crippen LogP contribution < -0.4 is 5.73 Å². The maximum atomic E-state index is 13.1. The molecule has 0 aliphatic rings. The van der Waals surface area contributed by atoms with Crippen molar-refractivity contribution in [1.29, 1.82) is 0 Å². The van der Waals surface area contributed by atoms with Crippen molar-refractivity contribution >= 4 is 28.6 Å². The van der Waals surface area contributed by atoms with Crippen molar-refractivity contribution in [3.8, 4) is 0 Å². The molecule has 1 aromatic carbocycles. The largest absolute Gasteiger partial charge is 0.369 e. The van der Waals surface area contributed by atoms with Crippen molar-refractivity contribution in [3.05, 3.63) is 23.0 Å². The summed E-state index contributed by atoms with van der Waals surface area (Å²) in [6, 6.07) is 2.30. The van der Waals surface area contributed by atoms with E-state index in [1.54, 1.807) is 0 Å². The van der Waals surface area contributed by atoms with Crippen LogP contribution in [0.15, 0.2) is 12.1 Å². The Bertz CT molecular complexity index is 538. The number of hydrogen-bond donors (Lipinski definition) is 1. The van der Waals surface area contributed by atoms with Crippen LogP contribution in [0.25, 0.3) is 11.0 Å². The Balaban J connectivity index is 2.64. The highest BCUT2D eigenvalue weighted by Crippen LogP contribution is 2.25. The van der Waals surface area contributed by atoms with Gasteiger partial charge in [0.15, 0.2) is 0 Å². The lowest BCUT2D eigenvalue weighted by atomic mass is 10.3. The molecule has 2 rings (SSSR count). The fraction of sp³-hybridized carbons (Fsp3) is 0.222. The monoisotopic (exact) mass is 249 g/mol. The van der Waals surface area contributed by atoms with E-state index in [4.69, 9.17) is 17.3 Å². The van der Waals surface area contributed by atoms with Gasteiger partial charge in [-0.1, -0.05) is 11.6 Å². The van der Waals surface area contributed by atoms with Crippen LogP contribution in [0.5, 0.6) is 0 Å². The molecule has 0 unspecified atom stereocenters. The normalized spacial score (nSPS) is 11.6. The average Bonchev–Trinajstić information content (AvgIpc) is 2.45. The van der Waals surface area contributed by atoms with Gasteiger partial charge in [-0.05, 0) is 6.07 Å². The van der Waals surface area contributed by atoms with Crippen LogP contribution in [0.4, 0.5) is 19.1 Å². The van der Waals surface area contributed by atoms with Crippen molar-refractivity contribution in [1.82, 2.24) is 9.55 Å². The van der Waals surface area contributed by atoms with Crippen molar-refractivity contribution in [2.45, 2.75) is 13.0 Å². The maximum absolute atomic E-state index is 13.1. The highest BCUT2D eigenvalue weighted by molar-refractivity contribution is 6.31. The van der Waals surface area contributed by atoms with E-state index in [9.17, 15) is 13.2 Å². The van der Waals surface area contributed by atoms with Gasteiger partial charge in [-0.25, -0.2) is 18.2 Å². The zero-order valence-electron chi connectivity index (χ0n) is 7.92. The summed E-state index contributed by atoms with van der Waals surface area (Å²) in [6.45, 7) is -0.593. The molecule has 0 saturated heterocycles. The second kappa shape index (κ2) is 3.86. The first kappa shape index (κ1) is 11.1. The Hall–Kier alpha value is -1.43. The van der Waals surface area contributed by atoms with Crippen molar-refractivity contribution < 1.29 is 13.2 Å². The van der Waals surface area contributed by atoms with Gasteiger partial charge in [-0.2, -0.15) is 0 Å². The molecule has 0 aliphatic carbocycles. The smallest absolute Gasteiger partial charge is 0.256 e. The Morgan fingerprint density at radius 3 is 2.75 bits per heavy atom. The minimum Gasteiger partial charge on any atom is -0.369 e. The Morgan fingerprint density at radius 1 is 1.44 bits per heavy atom. The lowest BCUT2D eigenvalue weighted by molar-refractivity contribution is 0.128. The first-order chi connectivity index (χ1) is 7.49. The molecular weight excluding hydrogens is 243 g/mol. The number of nitrogens with two attached hydrogens (primary N) is 1. The number of anilines is 1. The van der Waals surface area contributed by atoms with Crippen LogP contribution in [0.2, 0.25) is 5.02 Å². The highest BCUT2D eigenvalue weighted by atomic mass is 35.5. The second-order valence-electron chi connectivity index (χ2n) is 3.23. The van der Waals surface area contributed by atoms with Gasteiger partial charge in [0, 0.05) is 6.07 Å². The molecule has 16 heavy (non-hydrogen) atoms. The lowest BCUT2D eigenvalue weighted by Crippen LogP contribution is -2.09. The Kier molecular flexibility index (Phi) is 2.67. The van der Waals surface area contributed by atoms with Gasteiger partial charge in [0.05, 0.1) is 22.6 Å². The molecule has 1 heterocycles. The molecule has 0 atom stereocenters. The summed E-state index contributed by atoms with van der Waals surface area (Å²) in [5.74, 6) is -0.743. The third-order valence-corrected chi connectivity index (χ3v) is 2.43. The number of nitrogens with zero attached hydrogens (tertiary/aromatic N) is 2. The van der Waals surface area contributed by atoms with Crippen LogP contribution >= 0.6 is 11.6 Å². The van der Waals surface area contributed by atoms with Gasteiger partial charge < -0.3 is 10.3 Å². The zero-order valence-corrected chi connectivity index (χ0v) is 8.68. The summed E-state index contributed by atoms with van der Waals surface area (Å²) < 4.78 is 38.7. The molecular formula is C9H7ClF3N3. The van der Waals surface area contributed by atoms with E-state index in [2.05, 4.69) is 4.98 Å². The van der Waals surface area contributed by atoms with E-state index in [0.29, 0.717) is 5.52 Å². The summed E-state index contributed by atoms with van der Waals surface area (Å²) in [5, 5.41) is -0.150. The molecule has 0 saturated carbocycles. The summed E-state index contributed by atoms with van der Waals surface area (Å²) in [6.07, 6.45) is -2.57. The number of imidazole rings is 1. The molecule has 0 spiro atoms. The molecule has 3 nitrogen and oxygen atoms in total. The van der Waals surface area contributed by atoms with E-state index in [0.717, 1.165) is 10.6 Å². The van der Waals surface area contributed by atoms with Gasteiger partial charge >= 0.3 is 0 Å². The van der Waals surface area contributed by atoms with Gasteiger partial charge in [0.2, 0.25) is 5.95 Å². The number of halogens is 4. The van der Waals surface area contributed by atoms with Gasteiger partial charge in [-0.3, -0.25) is 0 Å². The lowest BCUT2D eigenvalue weighted by Gasteiger charge is -2.05. The SMILES string of the molecule is Nc1nc2cc(F)c(Cl)cc2n1CC(F)F. The molecule has 2 aromatic rings. The molecule has 0 amide bonds. The number of rotatable bonds is 2. The van der Waals surface area contributed by atoms with Crippen LogP contribution in [-0.4, -0.2) is 16.0 Å². The first-order valence-corrected chi connectivity index (χ1v) is 4.75. The first-order valence-electron chi connectivity index (χ1n) is 4.38. The maximum Gasteiger partial charge on any atom is 0.256 e. The van der Waals surface area contributed by atoms with Crippen LogP contribution in [0.1, 0.15) is 0 Å². The van der Waals surface area contributed by atoms with E-state index in [1.165, 1.54) is 6.07 Å². The van der Waals surface area contributed by atoms with Crippen molar-refractivity contribution in [2.75, 3.05) is 5.73 Å². The topological polar surface area (TPSA) is 43.8 Å². The molecule has 0 fully saturated rings. The van der Waals surface area contributed by atoms with Crippen molar-refractivity contribution in [2.24, 2.45) is 0 Å². The predicted molar refractivity (Wildman–Crippen MR) is 55.1 cm³/mol. The Labute approximate surface area is 93.6 Å². The summed E-state index contributed by atoms with van der Waals surface area (Å²) in [4.78, 5) is 3.78. The summed E-state index contributed by atoms with van der Waals surface area (Å²) >= 11 is 5.56. The summed E-state index contributed by atoms with van der Waals surface area (Å²) in [7, 11) is 0. The van der Waals surface area contributed by atoms with Crippen molar-refractivity contribution in [3.63, 3.8) is 0 Å². The fourth-order valence-electron chi connectivity index (χ4n) is 1.47. The second-order valence-corrected chi connectivity index (χ2v) is 3.63. The summed E-state index contributed by atoms with van der Waals surface area (Å²) in [5.41, 5.74) is 5.96. The average molecular weight is 250 g/mol. The minimum absolute atomic E-state index is 0.0861. The fourth-order valence-corrected chi connectivity index (χ4v) is 1.63. The van der Waals surface area contributed by atoms with E-state index >= 15 is 0 Å². The van der Waals surface area contributed by atoms with Gasteiger partial charge in [0.1, 0.15) is 5.82 Å². The third-order valence-electron chi connectivity index (χ3n) is 2.14. The van der Waals surface area contributed by atoms with E-state index in [1.807, 2.05) is 0 Å². The van der Waals surface area contributed by atoms with Crippen LogP contribution in [0.3, 0.4) is 0 Å². The van der Waals surface area contributed by atoms with Gasteiger partial charge in [-0.15, -0.1) is 0 Å². The number of nitrogen functional groups attached to an aromatic ring is 1. The molecule has 1 aromatic heterocycles. The zero-order chi connectivity index (χ0) is 11.9. The molecule has 0 aliphatic heterocycles. The molecule has 0 radical (unpaired) electrons. The third kappa shape index (κ3) is 1.80. The van der Waals surface area contributed by atoms with Crippen LogP contribution in [-0.2, 0) is 6.54 Å². The number of alkyl halides is 2. The molecule has 86 valence electrons. The van der Waals surface area contributed by atoms with Crippen LogP contribution in [0, 0.1) is 5.82 Å². The standard InChI is InChI=1S/C9H7ClF3N3/c10-4-1-7-6(2-5(4)11)15-9(14)16(7)3-8(12)13/h1-2,8H,3H2,(H2,14,15). The van der Waals surface area contributed by atoms with E-state index in [-0.39, 0.29) is 16.5 Å². The Morgan fingerprint density at radius 2 is 2.12 bits per heavy atom. The predicted octanol–water partition coefficient (Wildman–Crippen LogP) is 2.68. The number of fused-ring (bicyclic) bond motifs is 1.